The molecule has 1 fully saturated rings. The Balaban J connectivity index is 0.00000392. The number of likely N-dealkylation sites (N-methyl/N-ethyl adjacent to an activating group) is 1. The first kappa shape index (κ1) is 24.3. The van der Waals surface area contributed by atoms with Gasteiger partial charge in [-0.3, -0.25) is 4.79 Å². The summed E-state index contributed by atoms with van der Waals surface area (Å²) in [5.41, 5.74) is 1.03. The van der Waals surface area contributed by atoms with Gasteiger partial charge in [0.15, 0.2) is 17.5 Å². The Labute approximate surface area is 185 Å². The summed E-state index contributed by atoms with van der Waals surface area (Å²) in [6.45, 7) is 3.40. The minimum absolute atomic E-state index is 0. The second kappa shape index (κ2) is 12.7. The van der Waals surface area contributed by atoms with Crippen LogP contribution in [0.2, 0.25) is 0 Å². The smallest absolute Gasteiger partial charge is 0.241 e. The van der Waals surface area contributed by atoms with Crippen molar-refractivity contribution in [3.05, 3.63) is 23.8 Å². The summed E-state index contributed by atoms with van der Waals surface area (Å²) >= 11 is 0. The van der Waals surface area contributed by atoms with Gasteiger partial charge >= 0.3 is 0 Å². The summed E-state index contributed by atoms with van der Waals surface area (Å²) in [5.74, 6) is 2.13. The standard InChI is InChI=1S/C20H32N4O3.HI/c1-5-21-20(23-14-19(25)24(2)3)22-13-15-10-11-17(26-4)18(12-15)27-16-8-6-7-9-16;/h10-12,16H,5-9,13-14H2,1-4H3,(H2,21,22,23);1H. The van der Waals surface area contributed by atoms with Gasteiger partial charge in [-0.15, -0.1) is 24.0 Å². The maximum absolute atomic E-state index is 11.8. The second-order valence-electron chi connectivity index (χ2n) is 6.85. The first-order chi connectivity index (χ1) is 13.0. The molecule has 0 aliphatic heterocycles. The molecule has 28 heavy (non-hydrogen) atoms. The monoisotopic (exact) mass is 504 g/mol. The van der Waals surface area contributed by atoms with Crippen LogP contribution in [0.5, 0.6) is 11.5 Å². The van der Waals surface area contributed by atoms with Crippen molar-refractivity contribution in [1.82, 2.24) is 15.5 Å². The van der Waals surface area contributed by atoms with Gasteiger partial charge in [-0.25, -0.2) is 4.99 Å². The van der Waals surface area contributed by atoms with E-state index in [4.69, 9.17) is 9.47 Å². The number of nitrogens with one attached hydrogen (secondary N) is 2. The molecule has 8 heteroatoms. The van der Waals surface area contributed by atoms with Crippen molar-refractivity contribution in [3.8, 4) is 11.5 Å². The highest BCUT2D eigenvalue weighted by Gasteiger charge is 2.18. The zero-order valence-electron chi connectivity index (χ0n) is 17.3. The number of ether oxygens (including phenoxy) is 2. The van der Waals surface area contributed by atoms with Crippen molar-refractivity contribution in [2.24, 2.45) is 4.99 Å². The summed E-state index contributed by atoms with van der Waals surface area (Å²) in [5, 5.41) is 6.21. The SMILES string of the molecule is CCNC(=NCc1ccc(OC)c(OC2CCCC2)c1)NCC(=O)N(C)C.I. The summed E-state index contributed by atoms with van der Waals surface area (Å²) in [6.07, 6.45) is 4.91. The molecular formula is C20H33IN4O3. The van der Waals surface area contributed by atoms with Gasteiger partial charge in [0, 0.05) is 20.6 Å². The Bertz CT molecular complexity index is 646. The van der Waals surface area contributed by atoms with Crippen LogP contribution in [-0.4, -0.2) is 57.2 Å². The van der Waals surface area contributed by atoms with E-state index < -0.39 is 0 Å². The predicted octanol–water partition coefficient (Wildman–Crippen LogP) is 2.78. The maximum Gasteiger partial charge on any atom is 0.241 e. The van der Waals surface area contributed by atoms with Crippen LogP contribution >= 0.6 is 24.0 Å². The minimum Gasteiger partial charge on any atom is -0.493 e. The molecule has 0 saturated heterocycles. The summed E-state index contributed by atoms with van der Waals surface area (Å²) in [4.78, 5) is 17.9. The first-order valence-corrected chi connectivity index (χ1v) is 9.59. The summed E-state index contributed by atoms with van der Waals surface area (Å²) in [7, 11) is 5.12. The molecule has 0 aromatic heterocycles. The van der Waals surface area contributed by atoms with E-state index in [1.807, 2.05) is 25.1 Å². The summed E-state index contributed by atoms with van der Waals surface area (Å²) in [6, 6.07) is 5.90. The third-order valence-corrected chi connectivity index (χ3v) is 4.49. The Morgan fingerprint density at radius 3 is 2.54 bits per heavy atom. The molecule has 2 rings (SSSR count). The van der Waals surface area contributed by atoms with Crippen LogP contribution in [0.4, 0.5) is 0 Å². The van der Waals surface area contributed by atoms with E-state index in [2.05, 4.69) is 15.6 Å². The van der Waals surface area contributed by atoms with Gasteiger partial charge in [-0.2, -0.15) is 0 Å². The van der Waals surface area contributed by atoms with E-state index in [0.29, 0.717) is 12.5 Å². The van der Waals surface area contributed by atoms with Crippen LogP contribution in [0.15, 0.2) is 23.2 Å². The van der Waals surface area contributed by atoms with E-state index in [0.717, 1.165) is 36.4 Å². The second-order valence-corrected chi connectivity index (χ2v) is 6.85. The zero-order chi connectivity index (χ0) is 19.6. The van der Waals surface area contributed by atoms with Crippen LogP contribution in [0.3, 0.4) is 0 Å². The van der Waals surface area contributed by atoms with Crippen LogP contribution in [-0.2, 0) is 11.3 Å². The number of hydrogen-bond donors (Lipinski definition) is 2. The molecule has 1 saturated carbocycles. The number of hydrogen-bond acceptors (Lipinski definition) is 4. The highest BCUT2D eigenvalue weighted by atomic mass is 127. The fraction of sp³-hybridized carbons (Fsp3) is 0.600. The van der Waals surface area contributed by atoms with Crippen molar-refractivity contribution >= 4 is 35.8 Å². The lowest BCUT2D eigenvalue weighted by Gasteiger charge is -2.17. The minimum atomic E-state index is -0.00250. The van der Waals surface area contributed by atoms with E-state index in [9.17, 15) is 4.79 Å². The number of amides is 1. The van der Waals surface area contributed by atoms with Crippen LogP contribution < -0.4 is 20.1 Å². The number of rotatable bonds is 8. The number of aliphatic imine (C=N–C) groups is 1. The molecule has 1 aliphatic rings. The zero-order valence-corrected chi connectivity index (χ0v) is 19.6. The predicted molar refractivity (Wildman–Crippen MR) is 123 cm³/mol. The van der Waals surface area contributed by atoms with Gasteiger partial charge in [-0.05, 0) is 50.3 Å². The molecule has 0 spiro atoms. The van der Waals surface area contributed by atoms with Crippen molar-refractivity contribution in [2.75, 3.05) is 34.3 Å². The number of benzene rings is 1. The van der Waals surface area contributed by atoms with Crippen molar-refractivity contribution < 1.29 is 14.3 Å². The number of halogens is 1. The lowest BCUT2D eigenvalue weighted by Crippen LogP contribution is -2.42. The molecule has 0 bridgehead atoms. The fourth-order valence-corrected chi connectivity index (χ4v) is 2.93. The fourth-order valence-electron chi connectivity index (χ4n) is 2.93. The highest BCUT2D eigenvalue weighted by Crippen LogP contribution is 2.32. The van der Waals surface area contributed by atoms with Gasteiger partial charge in [0.05, 0.1) is 26.3 Å². The molecular weight excluding hydrogens is 471 g/mol. The van der Waals surface area contributed by atoms with Gasteiger partial charge in [-0.1, -0.05) is 6.07 Å². The Morgan fingerprint density at radius 1 is 1.21 bits per heavy atom. The van der Waals surface area contributed by atoms with Crippen LogP contribution in [0.25, 0.3) is 0 Å². The van der Waals surface area contributed by atoms with E-state index in [1.165, 1.54) is 12.8 Å². The van der Waals surface area contributed by atoms with E-state index in [1.54, 1.807) is 26.1 Å². The third-order valence-electron chi connectivity index (χ3n) is 4.49. The average Bonchev–Trinajstić information content (AvgIpc) is 3.16. The Morgan fingerprint density at radius 2 is 1.93 bits per heavy atom. The topological polar surface area (TPSA) is 75.2 Å². The summed E-state index contributed by atoms with van der Waals surface area (Å²) < 4.78 is 11.6. The van der Waals surface area contributed by atoms with E-state index >= 15 is 0 Å². The van der Waals surface area contributed by atoms with Gasteiger partial charge in [0.2, 0.25) is 5.91 Å². The lowest BCUT2D eigenvalue weighted by atomic mass is 10.2. The van der Waals surface area contributed by atoms with Crippen LogP contribution in [0, 0.1) is 0 Å². The Kier molecular flexibility index (Phi) is 11.0. The highest BCUT2D eigenvalue weighted by molar-refractivity contribution is 14.0. The number of methoxy groups -OCH3 is 1. The lowest BCUT2D eigenvalue weighted by molar-refractivity contribution is -0.127. The number of carbonyl (C=O) groups is 1. The van der Waals surface area contributed by atoms with Crippen LogP contribution in [0.1, 0.15) is 38.2 Å². The number of guanidine groups is 1. The van der Waals surface area contributed by atoms with Gasteiger partial charge in [0.25, 0.3) is 0 Å². The molecule has 0 heterocycles. The molecule has 7 nitrogen and oxygen atoms in total. The molecule has 1 aromatic carbocycles. The maximum atomic E-state index is 11.8. The largest absolute Gasteiger partial charge is 0.493 e. The quantitative estimate of drug-likeness (QED) is 0.324. The molecule has 0 unspecified atom stereocenters. The molecule has 0 radical (unpaired) electrons. The van der Waals surface area contributed by atoms with E-state index in [-0.39, 0.29) is 42.5 Å². The van der Waals surface area contributed by atoms with Crippen molar-refractivity contribution in [2.45, 2.75) is 45.3 Å². The molecule has 1 aliphatic carbocycles. The normalized spacial score (nSPS) is 14.2. The van der Waals surface area contributed by atoms with Gasteiger partial charge < -0.3 is 25.0 Å². The molecule has 1 aromatic rings. The molecule has 0 atom stereocenters. The number of nitrogens with zero attached hydrogens (tertiary/aromatic N) is 2. The first-order valence-electron chi connectivity index (χ1n) is 9.59. The van der Waals surface area contributed by atoms with Crippen molar-refractivity contribution in [1.29, 1.82) is 0 Å². The average molecular weight is 504 g/mol. The third kappa shape index (κ3) is 7.73. The molecule has 1 amide bonds. The Hall–Kier alpha value is -1.71. The van der Waals surface area contributed by atoms with Crippen molar-refractivity contribution in [3.63, 3.8) is 0 Å². The number of carbonyl (C=O) groups excluding carboxylic acids is 1. The molecule has 2 N–H and O–H groups in total. The van der Waals surface area contributed by atoms with Gasteiger partial charge in [0.1, 0.15) is 0 Å². The molecule has 158 valence electrons.